The third-order valence-corrected chi connectivity index (χ3v) is 2.95. The van der Waals surface area contributed by atoms with Gasteiger partial charge in [-0.05, 0) is 18.9 Å². The molecule has 0 heterocycles. The summed E-state index contributed by atoms with van der Waals surface area (Å²) < 4.78 is 5.50. The topological polar surface area (TPSA) is 45.6 Å². The highest BCUT2D eigenvalue weighted by Crippen LogP contribution is 2.02. The third-order valence-electron chi connectivity index (χ3n) is 2.95. The molecule has 0 aliphatic carbocycles. The van der Waals surface area contributed by atoms with Crippen LogP contribution in [0.15, 0.2) is 29.3 Å². The van der Waals surface area contributed by atoms with E-state index < -0.39 is 0 Å². The van der Waals surface area contributed by atoms with Gasteiger partial charge in [-0.2, -0.15) is 0 Å². The van der Waals surface area contributed by atoms with Crippen LogP contribution >= 0.6 is 0 Å². The fourth-order valence-corrected chi connectivity index (χ4v) is 1.82. The Labute approximate surface area is 122 Å². The van der Waals surface area contributed by atoms with E-state index in [0.29, 0.717) is 6.61 Å². The van der Waals surface area contributed by atoms with E-state index in [9.17, 15) is 0 Å². The number of ether oxygens (including phenoxy) is 1. The molecule has 1 aromatic carbocycles. The Bertz CT molecular complexity index is 404. The molecule has 0 aromatic heterocycles. The van der Waals surface area contributed by atoms with Gasteiger partial charge in [0.05, 0.1) is 6.61 Å². The number of guanidine groups is 1. The molecule has 2 N–H and O–H groups in total. The summed E-state index contributed by atoms with van der Waals surface area (Å²) in [5.41, 5.74) is 2.53. The minimum atomic E-state index is 0.713. The minimum absolute atomic E-state index is 0.713. The molecule has 0 saturated heterocycles. The molecule has 1 aromatic rings. The molecule has 0 radical (unpaired) electrons. The summed E-state index contributed by atoms with van der Waals surface area (Å²) in [7, 11) is 1.78. The number of rotatable bonds is 8. The molecule has 0 amide bonds. The lowest BCUT2D eigenvalue weighted by atomic mass is 10.1. The zero-order valence-electron chi connectivity index (χ0n) is 12.9. The van der Waals surface area contributed by atoms with Gasteiger partial charge in [0, 0.05) is 26.7 Å². The molecule has 0 bridgehead atoms. The van der Waals surface area contributed by atoms with Crippen molar-refractivity contribution < 1.29 is 4.74 Å². The normalized spacial score (nSPS) is 11.4. The Morgan fingerprint density at radius 1 is 1.25 bits per heavy atom. The van der Waals surface area contributed by atoms with Gasteiger partial charge in [-0.25, -0.2) is 0 Å². The molecule has 4 heteroatoms. The third kappa shape index (κ3) is 7.14. The first-order chi connectivity index (χ1) is 9.76. The lowest BCUT2D eigenvalue weighted by molar-refractivity contribution is 0.136. The smallest absolute Gasteiger partial charge is 0.191 e. The highest BCUT2D eigenvalue weighted by Gasteiger charge is 1.98. The molecule has 0 spiro atoms. The summed E-state index contributed by atoms with van der Waals surface area (Å²) in [6, 6.07) is 8.46. The van der Waals surface area contributed by atoms with E-state index >= 15 is 0 Å². The predicted molar refractivity (Wildman–Crippen MR) is 85.1 cm³/mol. The lowest BCUT2D eigenvalue weighted by Crippen LogP contribution is -2.38. The van der Waals surface area contributed by atoms with Crippen molar-refractivity contribution in [1.29, 1.82) is 0 Å². The average molecular weight is 277 g/mol. The van der Waals surface area contributed by atoms with Crippen molar-refractivity contribution >= 4 is 5.96 Å². The van der Waals surface area contributed by atoms with Gasteiger partial charge in [0.25, 0.3) is 0 Å². The van der Waals surface area contributed by atoms with Gasteiger partial charge >= 0.3 is 0 Å². The van der Waals surface area contributed by atoms with Gasteiger partial charge in [-0.3, -0.25) is 4.99 Å². The molecule has 0 unspecified atom stereocenters. The molecule has 0 aliphatic rings. The molecule has 4 nitrogen and oxygen atoms in total. The number of nitrogens with one attached hydrogen (secondary N) is 2. The Balaban J connectivity index is 2.20. The van der Waals surface area contributed by atoms with Crippen molar-refractivity contribution in [3.63, 3.8) is 0 Å². The highest BCUT2D eigenvalue weighted by molar-refractivity contribution is 5.79. The van der Waals surface area contributed by atoms with E-state index in [2.05, 4.69) is 53.7 Å². The van der Waals surface area contributed by atoms with Crippen molar-refractivity contribution in [1.82, 2.24) is 10.6 Å². The van der Waals surface area contributed by atoms with Crippen LogP contribution in [0.2, 0.25) is 0 Å². The molecule has 0 fully saturated rings. The highest BCUT2D eigenvalue weighted by atomic mass is 16.5. The van der Waals surface area contributed by atoms with Gasteiger partial charge in [0.1, 0.15) is 0 Å². The van der Waals surface area contributed by atoms with Crippen LogP contribution in [0.4, 0.5) is 0 Å². The number of aryl methyl sites for hydroxylation is 1. The molecular formula is C16H27N3O. The van der Waals surface area contributed by atoms with E-state index in [1.165, 1.54) is 17.5 Å². The quantitative estimate of drug-likeness (QED) is 0.436. The Kier molecular flexibility index (Phi) is 8.47. The standard InChI is InChI=1S/C16H27N3O/c1-4-5-10-20-11-9-18-16(17-3)19-13-15-8-6-7-14(2)12-15/h6-8,12H,4-5,9-11,13H2,1-3H3,(H2,17,18,19). The van der Waals surface area contributed by atoms with Gasteiger partial charge in [0.15, 0.2) is 5.96 Å². The maximum absolute atomic E-state index is 5.50. The fraction of sp³-hybridized carbons (Fsp3) is 0.562. The maximum atomic E-state index is 5.50. The van der Waals surface area contributed by atoms with Gasteiger partial charge in [0.2, 0.25) is 0 Å². The molecule has 0 aliphatic heterocycles. The van der Waals surface area contributed by atoms with Crippen LogP contribution in [-0.2, 0) is 11.3 Å². The Hall–Kier alpha value is -1.55. The van der Waals surface area contributed by atoms with Crippen LogP contribution in [0, 0.1) is 6.92 Å². The summed E-state index contributed by atoms with van der Waals surface area (Å²) >= 11 is 0. The zero-order chi connectivity index (χ0) is 14.6. The summed E-state index contributed by atoms with van der Waals surface area (Å²) in [6.07, 6.45) is 2.30. The zero-order valence-corrected chi connectivity index (χ0v) is 12.9. The number of hydrogen-bond donors (Lipinski definition) is 2. The SMILES string of the molecule is CCCCOCCNC(=NC)NCc1cccc(C)c1. The van der Waals surface area contributed by atoms with Crippen molar-refractivity contribution in [2.45, 2.75) is 33.2 Å². The van der Waals surface area contributed by atoms with Gasteiger partial charge in [-0.15, -0.1) is 0 Å². The Morgan fingerprint density at radius 2 is 2.10 bits per heavy atom. The summed E-state index contributed by atoms with van der Waals surface area (Å²) in [4.78, 5) is 4.20. The molecular weight excluding hydrogens is 250 g/mol. The summed E-state index contributed by atoms with van der Waals surface area (Å²) in [6.45, 7) is 7.37. The van der Waals surface area contributed by atoms with Gasteiger partial charge < -0.3 is 15.4 Å². The van der Waals surface area contributed by atoms with Crippen LogP contribution in [0.3, 0.4) is 0 Å². The lowest BCUT2D eigenvalue weighted by Gasteiger charge is -2.12. The van der Waals surface area contributed by atoms with Crippen LogP contribution in [0.25, 0.3) is 0 Å². The first-order valence-electron chi connectivity index (χ1n) is 7.34. The minimum Gasteiger partial charge on any atom is -0.380 e. The predicted octanol–water partition coefficient (Wildman–Crippen LogP) is 2.48. The van der Waals surface area contributed by atoms with E-state index in [-0.39, 0.29) is 0 Å². The van der Waals surface area contributed by atoms with E-state index in [1.54, 1.807) is 7.05 Å². The van der Waals surface area contributed by atoms with Crippen molar-refractivity contribution in [3.8, 4) is 0 Å². The second-order valence-corrected chi connectivity index (χ2v) is 4.81. The van der Waals surface area contributed by atoms with Crippen molar-refractivity contribution in [2.75, 3.05) is 26.8 Å². The van der Waals surface area contributed by atoms with E-state index in [1.807, 2.05) is 0 Å². The van der Waals surface area contributed by atoms with Crippen molar-refractivity contribution in [2.24, 2.45) is 4.99 Å². The van der Waals surface area contributed by atoms with Crippen LogP contribution in [0.1, 0.15) is 30.9 Å². The number of benzene rings is 1. The second kappa shape index (κ2) is 10.3. The largest absolute Gasteiger partial charge is 0.380 e. The Morgan fingerprint density at radius 3 is 2.80 bits per heavy atom. The number of unbranched alkanes of at least 4 members (excludes halogenated alkanes) is 1. The summed E-state index contributed by atoms with van der Waals surface area (Å²) in [5, 5.41) is 6.54. The monoisotopic (exact) mass is 277 g/mol. The van der Waals surface area contributed by atoms with E-state index in [4.69, 9.17) is 4.74 Å². The number of aliphatic imine (C=N–C) groups is 1. The summed E-state index contributed by atoms with van der Waals surface area (Å²) in [5.74, 6) is 0.811. The molecule has 0 saturated carbocycles. The van der Waals surface area contributed by atoms with Crippen LogP contribution < -0.4 is 10.6 Å². The molecule has 20 heavy (non-hydrogen) atoms. The molecule has 112 valence electrons. The fourth-order valence-electron chi connectivity index (χ4n) is 1.82. The number of nitrogens with zero attached hydrogens (tertiary/aromatic N) is 1. The maximum Gasteiger partial charge on any atom is 0.191 e. The number of hydrogen-bond acceptors (Lipinski definition) is 2. The van der Waals surface area contributed by atoms with Crippen LogP contribution in [-0.4, -0.2) is 32.8 Å². The van der Waals surface area contributed by atoms with Gasteiger partial charge in [-0.1, -0.05) is 43.2 Å². The second-order valence-electron chi connectivity index (χ2n) is 4.81. The first-order valence-corrected chi connectivity index (χ1v) is 7.34. The van der Waals surface area contributed by atoms with Crippen molar-refractivity contribution in [3.05, 3.63) is 35.4 Å². The van der Waals surface area contributed by atoms with E-state index in [0.717, 1.165) is 32.1 Å². The molecule has 0 atom stereocenters. The van der Waals surface area contributed by atoms with Crippen LogP contribution in [0.5, 0.6) is 0 Å². The average Bonchev–Trinajstić information content (AvgIpc) is 2.46. The first kappa shape index (κ1) is 16.5. The molecule has 1 rings (SSSR count).